The average molecular weight is 213 g/mol. The first kappa shape index (κ1) is 9.64. The zero-order valence-corrected chi connectivity index (χ0v) is 9.49. The van der Waals surface area contributed by atoms with Gasteiger partial charge in [-0.15, -0.1) is 0 Å². The van der Waals surface area contributed by atoms with Gasteiger partial charge < -0.3 is 4.42 Å². The summed E-state index contributed by atoms with van der Waals surface area (Å²) >= 11 is 0. The van der Waals surface area contributed by atoms with Crippen LogP contribution in [0.15, 0.2) is 28.9 Å². The van der Waals surface area contributed by atoms with Gasteiger partial charge in [-0.1, -0.05) is 12.1 Å². The fourth-order valence-corrected chi connectivity index (χ4v) is 2.39. The molecule has 0 unspecified atom stereocenters. The predicted molar refractivity (Wildman–Crippen MR) is 63.3 cm³/mol. The van der Waals surface area contributed by atoms with E-state index in [2.05, 4.69) is 23.2 Å². The van der Waals surface area contributed by atoms with Crippen molar-refractivity contribution in [2.24, 2.45) is 0 Å². The van der Waals surface area contributed by atoms with Crippen LogP contribution in [0.3, 0.4) is 0 Å². The van der Waals surface area contributed by atoms with Crippen LogP contribution in [-0.2, 0) is 12.8 Å². The number of aryl methyl sites for hydroxylation is 3. The van der Waals surface area contributed by atoms with Crippen molar-refractivity contribution in [3.05, 3.63) is 41.5 Å². The van der Waals surface area contributed by atoms with E-state index in [0.29, 0.717) is 0 Å². The molecule has 82 valence electrons. The van der Waals surface area contributed by atoms with Gasteiger partial charge in [0.1, 0.15) is 12.0 Å². The summed E-state index contributed by atoms with van der Waals surface area (Å²) in [5.74, 6) is 0.729. The van der Waals surface area contributed by atoms with Crippen molar-refractivity contribution in [1.82, 2.24) is 4.98 Å². The van der Waals surface area contributed by atoms with E-state index in [1.807, 2.05) is 6.92 Å². The quantitative estimate of drug-likeness (QED) is 0.724. The van der Waals surface area contributed by atoms with E-state index in [-0.39, 0.29) is 0 Å². The Hall–Kier alpha value is -1.57. The summed E-state index contributed by atoms with van der Waals surface area (Å²) in [6.07, 6.45) is 6.82. The fraction of sp³-hybridized carbons (Fsp3) is 0.357. The van der Waals surface area contributed by atoms with Crippen molar-refractivity contribution >= 4 is 0 Å². The van der Waals surface area contributed by atoms with Gasteiger partial charge in [0.05, 0.1) is 0 Å². The summed E-state index contributed by atoms with van der Waals surface area (Å²) in [5.41, 5.74) is 5.13. The lowest BCUT2D eigenvalue weighted by Gasteiger charge is -2.15. The Kier molecular flexibility index (Phi) is 2.28. The first-order valence-electron chi connectivity index (χ1n) is 5.87. The van der Waals surface area contributed by atoms with Gasteiger partial charge in [-0.3, -0.25) is 0 Å². The molecule has 0 spiro atoms. The summed E-state index contributed by atoms with van der Waals surface area (Å²) in [6.45, 7) is 1.88. The van der Waals surface area contributed by atoms with E-state index in [0.717, 1.165) is 11.6 Å². The topological polar surface area (TPSA) is 26.0 Å². The Bertz CT molecular complexity index is 513. The maximum absolute atomic E-state index is 5.25. The van der Waals surface area contributed by atoms with Gasteiger partial charge in [-0.2, -0.15) is 0 Å². The number of oxazole rings is 1. The van der Waals surface area contributed by atoms with Crippen molar-refractivity contribution in [3.8, 4) is 11.3 Å². The molecule has 0 radical (unpaired) electrons. The van der Waals surface area contributed by atoms with E-state index in [9.17, 15) is 0 Å². The van der Waals surface area contributed by atoms with Gasteiger partial charge in [0.15, 0.2) is 5.89 Å². The first-order chi connectivity index (χ1) is 7.83. The summed E-state index contributed by atoms with van der Waals surface area (Å²) in [5, 5.41) is 0. The minimum Gasteiger partial charge on any atom is -0.449 e. The summed E-state index contributed by atoms with van der Waals surface area (Å²) in [4.78, 5) is 4.36. The maximum atomic E-state index is 5.25. The van der Waals surface area contributed by atoms with Crippen molar-refractivity contribution < 1.29 is 4.42 Å². The third-order valence-electron chi connectivity index (χ3n) is 3.26. The van der Waals surface area contributed by atoms with Crippen LogP contribution in [-0.4, -0.2) is 4.98 Å². The Labute approximate surface area is 95.3 Å². The van der Waals surface area contributed by atoms with Gasteiger partial charge in [-0.05, 0) is 42.9 Å². The maximum Gasteiger partial charge on any atom is 0.191 e. The predicted octanol–water partition coefficient (Wildman–Crippen LogP) is 3.53. The molecule has 2 heteroatoms. The molecule has 2 aromatic rings. The van der Waals surface area contributed by atoms with Crippen molar-refractivity contribution in [2.75, 3.05) is 0 Å². The molecule has 0 bridgehead atoms. The lowest BCUT2D eigenvalue weighted by atomic mass is 9.90. The highest BCUT2D eigenvalue weighted by Crippen LogP contribution is 2.26. The van der Waals surface area contributed by atoms with Crippen LogP contribution in [0.4, 0.5) is 0 Å². The monoisotopic (exact) mass is 213 g/mol. The molecule has 0 atom stereocenters. The van der Waals surface area contributed by atoms with Crippen LogP contribution in [0.5, 0.6) is 0 Å². The Morgan fingerprint density at radius 3 is 2.69 bits per heavy atom. The first-order valence-corrected chi connectivity index (χ1v) is 5.87. The Balaban J connectivity index is 2.02. The van der Waals surface area contributed by atoms with Crippen molar-refractivity contribution in [2.45, 2.75) is 32.6 Å². The van der Waals surface area contributed by atoms with Gasteiger partial charge >= 0.3 is 0 Å². The third kappa shape index (κ3) is 1.64. The molecule has 1 aliphatic carbocycles. The van der Waals surface area contributed by atoms with Gasteiger partial charge in [0, 0.05) is 12.5 Å². The molecule has 16 heavy (non-hydrogen) atoms. The number of fused-ring (bicyclic) bond motifs is 1. The Morgan fingerprint density at radius 1 is 1.12 bits per heavy atom. The van der Waals surface area contributed by atoms with E-state index in [1.54, 1.807) is 6.26 Å². The molecular formula is C14H15NO. The molecule has 1 aromatic heterocycles. The van der Waals surface area contributed by atoms with Gasteiger partial charge in [0.2, 0.25) is 0 Å². The minimum absolute atomic E-state index is 0.729. The van der Waals surface area contributed by atoms with E-state index < -0.39 is 0 Å². The molecule has 1 aliphatic rings. The number of benzene rings is 1. The zero-order valence-electron chi connectivity index (χ0n) is 9.49. The molecule has 0 fully saturated rings. The lowest BCUT2D eigenvalue weighted by molar-refractivity contribution is 0.521. The molecule has 0 amide bonds. The molecule has 0 aliphatic heterocycles. The lowest BCUT2D eigenvalue weighted by Crippen LogP contribution is -2.02. The number of hydrogen-bond donors (Lipinski definition) is 0. The smallest absolute Gasteiger partial charge is 0.191 e. The molecule has 1 heterocycles. The van der Waals surface area contributed by atoms with Crippen LogP contribution < -0.4 is 0 Å². The second-order valence-electron chi connectivity index (χ2n) is 4.44. The highest BCUT2D eigenvalue weighted by molar-refractivity contribution is 5.60. The normalized spacial score (nSPS) is 14.8. The van der Waals surface area contributed by atoms with Crippen LogP contribution in [0.2, 0.25) is 0 Å². The standard InChI is InChI=1S/C14H15NO/c1-10-15-14(9-16-10)13-7-6-11-4-2-3-5-12(11)8-13/h6-9H,2-5H2,1H3. The second kappa shape index (κ2) is 3.78. The van der Waals surface area contributed by atoms with Gasteiger partial charge in [0.25, 0.3) is 0 Å². The van der Waals surface area contributed by atoms with Crippen LogP contribution in [0, 0.1) is 6.92 Å². The molecular weight excluding hydrogens is 198 g/mol. The Morgan fingerprint density at radius 2 is 1.94 bits per heavy atom. The molecule has 0 saturated carbocycles. The molecule has 1 aromatic carbocycles. The van der Waals surface area contributed by atoms with Crippen LogP contribution >= 0.6 is 0 Å². The van der Waals surface area contributed by atoms with E-state index in [1.165, 1.54) is 42.4 Å². The van der Waals surface area contributed by atoms with Crippen LogP contribution in [0.25, 0.3) is 11.3 Å². The molecule has 0 saturated heterocycles. The second-order valence-corrected chi connectivity index (χ2v) is 4.44. The summed E-state index contributed by atoms with van der Waals surface area (Å²) < 4.78 is 5.25. The van der Waals surface area contributed by atoms with E-state index >= 15 is 0 Å². The minimum atomic E-state index is 0.729. The SMILES string of the molecule is Cc1nc(-c2ccc3c(c2)CCCC3)co1. The highest BCUT2D eigenvalue weighted by Gasteiger charge is 2.11. The zero-order chi connectivity index (χ0) is 11.0. The molecule has 2 nitrogen and oxygen atoms in total. The average Bonchev–Trinajstić information content (AvgIpc) is 2.75. The van der Waals surface area contributed by atoms with Crippen LogP contribution in [0.1, 0.15) is 29.9 Å². The van der Waals surface area contributed by atoms with Gasteiger partial charge in [-0.25, -0.2) is 4.98 Å². The largest absolute Gasteiger partial charge is 0.449 e. The fourth-order valence-electron chi connectivity index (χ4n) is 2.39. The molecule has 0 N–H and O–H groups in total. The van der Waals surface area contributed by atoms with Crippen molar-refractivity contribution in [1.29, 1.82) is 0 Å². The number of hydrogen-bond acceptors (Lipinski definition) is 2. The van der Waals surface area contributed by atoms with E-state index in [4.69, 9.17) is 4.42 Å². The summed E-state index contributed by atoms with van der Waals surface area (Å²) in [7, 11) is 0. The highest BCUT2D eigenvalue weighted by atomic mass is 16.3. The third-order valence-corrected chi connectivity index (χ3v) is 3.26. The number of aromatic nitrogens is 1. The summed E-state index contributed by atoms with van der Waals surface area (Å²) in [6, 6.07) is 6.67. The molecule has 3 rings (SSSR count). The number of nitrogens with zero attached hydrogens (tertiary/aromatic N) is 1. The number of rotatable bonds is 1. The van der Waals surface area contributed by atoms with Crippen molar-refractivity contribution in [3.63, 3.8) is 0 Å².